The van der Waals surface area contributed by atoms with E-state index in [-0.39, 0.29) is 18.2 Å². The molecule has 1 saturated heterocycles. The highest BCUT2D eigenvalue weighted by atomic mass is 32.2. The minimum atomic E-state index is -0.571. The molecule has 2 aromatic carbocycles. The second kappa shape index (κ2) is 11.0. The van der Waals surface area contributed by atoms with Gasteiger partial charge in [0.25, 0.3) is 0 Å². The number of aryl methyl sites for hydroxylation is 1. The second-order valence-corrected chi connectivity index (χ2v) is 8.48. The number of amidine groups is 1. The summed E-state index contributed by atoms with van der Waals surface area (Å²) in [6.45, 7) is 6.28. The Labute approximate surface area is 197 Å². The van der Waals surface area contributed by atoms with Crippen molar-refractivity contribution in [1.29, 1.82) is 0 Å². The first-order valence-corrected chi connectivity index (χ1v) is 11.5. The van der Waals surface area contributed by atoms with Gasteiger partial charge in [0.15, 0.2) is 5.17 Å². The molecule has 2 aromatic rings. The normalized spacial score (nSPS) is 16.7. The van der Waals surface area contributed by atoms with Gasteiger partial charge >= 0.3 is 5.97 Å². The van der Waals surface area contributed by atoms with Gasteiger partial charge in [-0.1, -0.05) is 17.8 Å². The third-order valence-electron chi connectivity index (χ3n) is 4.94. The van der Waals surface area contributed by atoms with Gasteiger partial charge in [-0.25, -0.2) is 9.79 Å². The summed E-state index contributed by atoms with van der Waals surface area (Å²) in [4.78, 5) is 43.5. The number of carbonyl (C=O) groups is 3. The standard InChI is InChI=1S/C24H27N3O5S/c1-5-27-22(29)20(14-21(28)26-18-13-15(3)7-12-19(18)31-4)33-24(27)25-17-10-8-16(9-11-17)23(30)32-6-2/h7-13,20H,5-6,14H2,1-4H3,(H,26,28). The number of amides is 2. The van der Waals surface area contributed by atoms with Gasteiger partial charge in [0.05, 0.1) is 30.7 Å². The van der Waals surface area contributed by atoms with Crippen LogP contribution in [-0.2, 0) is 14.3 Å². The molecule has 1 unspecified atom stereocenters. The predicted molar refractivity (Wildman–Crippen MR) is 129 cm³/mol. The summed E-state index contributed by atoms with van der Waals surface area (Å²) in [6.07, 6.45) is 0.0118. The van der Waals surface area contributed by atoms with Crippen molar-refractivity contribution in [2.45, 2.75) is 32.4 Å². The van der Waals surface area contributed by atoms with Crippen LogP contribution in [0.5, 0.6) is 5.75 Å². The lowest BCUT2D eigenvalue weighted by molar-refractivity contribution is -0.128. The first-order chi connectivity index (χ1) is 15.9. The molecule has 0 spiro atoms. The molecule has 0 bridgehead atoms. The monoisotopic (exact) mass is 469 g/mol. The number of carbonyl (C=O) groups excluding carboxylic acids is 3. The minimum Gasteiger partial charge on any atom is -0.495 e. The lowest BCUT2D eigenvalue weighted by Crippen LogP contribution is -2.33. The number of anilines is 1. The summed E-state index contributed by atoms with van der Waals surface area (Å²) >= 11 is 1.26. The van der Waals surface area contributed by atoms with E-state index < -0.39 is 11.2 Å². The summed E-state index contributed by atoms with van der Waals surface area (Å²) < 4.78 is 10.3. The smallest absolute Gasteiger partial charge is 0.338 e. The molecule has 1 fully saturated rings. The molecule has 33 heavy (non-hydrogen) atoms. The third-order valence-corrected chi connectivity index (χ3v) is 6.11. The van der Waals surface area contributed by atoms with E-state index in [1.807, 2.05) is 26.0 Å². The lowest BCUT2D eigenvalue weighted by atomic mass is 10.2. The van der Waals surface area contributed by atoms with E-state index in [4.69, 9.17) is 9.47 Å². The quantitative estimate of drug-likeness (QED) is 0.583. The maximum atomic E-state index is 12.9. The molecule has 1 aliphatic heterocycles. The number of ether oxygens (including phenoxy) is 2. The Kier molecular flexibility index (Phi) is 8.11. The van der Waals surface area contributed by atoms with Crippen molar-refractivity contribution in [3.8, 4) is 5.75 Å². The molecule has 1 heterocycles. The summed E-state index contributed by atoms with van der Waals surface area (Å²) in [5, 5.41) is 2.80. The van der Waals surface area contributed by atoms with Crippen LogP contribution < -0.4 is 10.1 Å². The number of methoxy groups -OCH3 is 1. The van der Waals surface area contributed by atoms with Gasteiger partial charge < -0.3 is 14.8 Å². The Hall–Kier alpha value is -3.33. The van der Waals surface area contributed by atoms with Crippen molar-refractivity contribution in [1.82, 2.24) is 4.90 Å². The number of esters is 1. The Morgan fingerprint density at radius 3 is 2.52 bits per heavy atom. The van der Waals surface area contributed by atoms with Gasteiger partial charge in [-0.15, -0.1) is 0 Å². The van der Waals surface area contributed by atoms with Crippen LogP contribution in [0.15, 0.2) is 47.5 Å². The van der Waals surface area contributed by atoms with E-state index in [2.05, 4.69) is 10.3 Å². The summed E-state index contributed by atoms with van der Waals surface area (Å²) in [5.74, 6) is -0.270. The fourth-order valence-corrected chi connectivity index (χ4v) is 4.52. The number of aliphatic imine (C=N–C) groups is 1. The van der Waals surface area contributed by atoms with E-state index in [1.165, 1.54) is 18.9 Å². The van der Waals surface area contributed by atoms with Crippen molar-refractivity contribution in [3.63, 3.8) is 0 Å². The maximum Gasteiger partial charge on any atom is 0.338 e. The van der Waals surface area contributed by atoms with Crippen molar-refractivity contribution < 1.29 is 23.9 Å². The molecule has 2 amide bonds. The van der Waals surface area contributed by atoms with Crippen LogP contribution in [0, 0.1) is 6.92 Å². The summed E-state index contributed by atoms with van der Waals surface area (Å²) in [6, 6.07) is 12.2. The fraction of sp³-hybridized carbons (Fsp3) is 0.333. The van der Waals surface area contributed by atoms with Crippen molar-refractivity contribution in [2.24, 2.45) is 4.99 Å². The fourth-order valence-electron chi connectivity index (χ4n) is 3.30. The molecule has 3 rings (SSSR count). The Balaban J connectivity index is 1.71. The number of benzene rings is 2. The summed E-state index contributed by atoms with van der Waals surface area (Å²) in [7, 11) is 1.54. The molecular weight excluding hydrogens is 442 g/mol. The number of nitrogens with one attached hydrogen (secondary N) is 1. The molecule has 1 atom stereocenters. The highest BCUT2D eigenvalue weighted by Crippen LogP contribution is 2.32. The van der Waals surface area contributed by atoms with Gasteiger partial charge in [0.2, 0.25) is 11.8 Å². The van der Waals surface area contributed by atoms with Gasteiger partial charge in [-0.3, -0.25) is 14.5 Å². The number of nitrogens with zero attached hydrogens (tertiary/aromatic N) is 2. The van der Waals surface area contributed by atoms with Crippen molar-refractivity contribution in [3.05, 3.63) is 53.6 Å². The highest BCUT2D eigenvalue weighted by molar-refractivity contribution is 8.15. The average Bonchev–Trinajstić information content (AvgIpc) is 3.08. The third kappa shape index (κ3) is 5.92. The molecule has 9 heteroatoms. The number of hydrogen-bond donors (Lipinski definition) is 1. The Bertz CT molecular complexity index is 1070. The van der Waals surface area contributed by atoms with Gasteiger partial charge in [0.1, 0.15) is 11.0 Å². The molecule has 0 aromatic heterocycles. The zero-order chi connectivity index (χ0) is 24.0. The SMILES string of the molecule is CCOC(=O)c1ccc(N=C2SC(CC(=O)Nc3cc(C)ccc3OC)C(=O)N2CC)cc1. The Morgan fingerprint density at radius 2 is 1.88 bits per heavy atom. The molecule has 0 aliphatic carbocycles. The Morgan fingerprint density at radius 1 is 1.15 bits per heavy atom. The van der Waals surface area contributed by atoms with Gasteiger partial charge in [-0.05, 0) is 62.7 Å². The maximum absolute atomic E-state index is 12.9. The topological polar surface area (TPSA) is 97.3 Å². The number of thioether (sulfide) groups is 1. The molecule has 1 aliphatic rings. The first-order valence-electron chi connectivity index (χ1n) is 10.6. The van der Waals surface area contributed by atoms with Gasteiger partial charge in [-0.2, -0.15) is 0 Å². The molecule has 8 nitrogen and oxygen atoms in total. The lowest BCUT2D eigenvalue weighted by Gasteiger charge is -2.14. The molecule has 0 radical (unpaired) electrons. The van der Waals surface area contributed by atoms with Crippen LogP contribution >= 0.6 is 11.8 Å². The molecule has 174 valence electrons. The zero-order valence-corrected chi connectivity index (χ0v) is 19.9. The van der Waals surface area contributed by atoms with Crippen LogP contribution in [0.4, 0.5) is 11.4 Å². The van der Waals surface area contributed by atoms with Crippen LogP contribution in [0.1, 0.15) is 36.2 Å². The van der Waals surface area contributed by atoms with Gasteiger partial charge in [0, 0.05) is 13.0 Å². The molecule has 1 N–H and O–H groups in total. The molecular formula is C24H27N3O5S. The molecule has 0 saturated carbocycles. The average molecular weight is 470 g/mol. The van der Waals surface area contributed by atoms with Crippen LogP contribution in [0.2, 0.25) is 0 Å². The number of rotatable bonds is 8. The van der Waals surface area contributed by atoms with E-state index in [1.54, 1.807) is 42.2 Å². The second-order valence-electron chi connectivity index (χ2n) is 7.31. The zero-order valence-electron chi connectivity index (χ0n) is 19.1. The minimum absolute atomic E-state index is 0.0118. The van der Waals surface area contributed by atoms with Crippen LogP contribution in [0.3, 0.4) is 0 Å². The van der Waals surface area contributed by atoms with E-state index >= 15 is 0 Å². The first kappa shape index (κ1) is 24.3. The van der Waals surface area contributed by atoms with Crippen LogP contribution in [-0.4, -0.2) is 53.4 Å². The largest absolute Gasteiger partial charge is 0.495 e. The van der Waals surface area contributed by atoms with E-state index in [0.717, 1.165) is 5.56 Å². The van der Waals surface area contributed by atoms with Crippen molar-refractivity contribution in [2.75, 3.05) is 25.6 Å². The van der Waals surface area contributed by atoms with Crippen LogP contribution in [0.25, 0.3) is 0 Å². The number of hydrogen-bond acceptors (Lipinski definition) is 7. The predicted octanol–water partition coefficient (Wildman–Crippen LogP) is 4.16. The summed E-state index contributed by atoms with van der Waals surface area (Å²) in [5.41, 5.74) is 2.59. The highest BCUT2D eigenvalue weighted by Gasteiger charge is 2.38. The van der Waals surface area contributed by atoms with E-state index in [9.17, 15) is 14.4 Å². The van der Waals surface area contributed by atoms with Crippen molar-refractivity contribution >= 4 is 46.1 Å². The van der Waals surface area contributed by atoms with E-state index in [0.29, 0.717) is 41.0 Å².